The number of aromatic nitrogens is 1. The molecule has 3 heterocycles. The summed E-state index contributed by atoms with van der Waals surface area (Å²) in [6, 6.07) is 13.9. The van der Waals surface area contributed by atoms with Crippen LogP contribution in [0.25, 0.3) is 31.9 Å². The van der Waals surface area contributed by atoms with Gasteiger partial charge < -0.3 is 15.2 Å². The molecule has 4 aromatic rings. The molecule has 0 saturated heterocycles. The lowest BCUT2D eigenvalue weighted by Gasteiger charge is -2.12. The van der Waals surface area contributed by atoms with E-state index < -0.39 is 0 Å². The molecule has 3 aromatic heterocycles. The van der Waals surface area contributed by atoms with E-state index in [0.717, 1.165) is 31.9 Å². The maximum Gasteiger partial charge on any atom is 0.161 e. The van der Waals surface area contributed by atoms with Crippen molar-refractivity contribution in [3.05, 3.63) is 46.7 Å². The topological polar surface area (TPSA) is 81.2 Å². The standard InChI is InChI=1S/C20H15N3O2S2/c1-24-14-6-5-11(8-15(14)25-2)12-9-13(16-4-3-7-26-16)23-20-18(12)19(22)17(10-21)27-20/h3-9H,22H2,1-2H3. The predicted molar refractivity (Wildman–Crippen MR) is 111 cm³/mol. The molecule has 2 N–H and O–H groups in total. The maximum atomic E-state index is 9.40. The highest BCUT2D eigenvalue weighted by atomic mass is 32.1. The summed E-state index contributed by atoms with van der Waals surface area (Å²) in [5.74, 6) is 1.29. The van der Waals surface area contributed by atoms with Gasteiger partial charge in [-0.3, -0.25) is 0 Å². The first kappa shape index (κ1) is 17.3. The molecule has 7 heteroatoms. The average molecular weight is 393 g/mol. The number of methoxy groups -OCH3 is 2. The number of nitrogens with zero attached hydrogens (tertiary/aromatic N) is 2. The van der Waals surface area contributed by atoms with Crippen molar-refractivity contribution in [1.82, 2.24) is 4.98 Å². The van der Waals surface area contributed by atoms with Crippen molar-refractivity contribution in [2.24, 2.45) is 0 Å². The molecule has 0 aliphatic carbocycles. The van der Waals surface area contributed by atoms with E-state index in [1.165, 1.54) is 11.3 Å². The Balaban J connectivity index is 2.03. The Kier molecular flexibility index (Phi) is 4.44. The van der Waals surface area contributed by atoms with Gasteiger partial charge in [-0.05, 0) is 40.8 Å². The second kappa shape index (κ2) is 6.91. The van der Waals surface area contributed by atoms with Gasteiger partial charge in [0.25, 0.3) is 0 Å². The smallest absolute Gasteiger partial charge is 0.161 e. The number of rotatable bonds is 4. The summed E-state index contributed by atoms with van der Waals surface area (Å²) in [5, 5.41) is 12.2. The number of nitrogen functional groups attached to an aromatic ring is 1. The molecule has 0 fully saturated rings. The second-order valence-electron chi connectivity index (χ2n) is 5.74. The first-order chi connectivity index (χ1) is 13.2. The number of benzene rings is 1. The van der Waals surface area contributed by atoms with E-state index in [1.807, 2.05) is 41.8 Å². The minimum absolute atomic E-state index is 0.465. The van der Waals surface area contributed by atoms with Crippen LogP contribution in [0.3, 0.4) is 0 Å². The Hall–Kier alpha value is -3.08. The maximum absolute atomic E-state index is 9.40. The molecule has 27 heavy (non-hydrogen) atoms. The number of hydrogen-bond donors (Lipinski definition) is 1. The van der Waals surface area contributed by atoms with Crippen LogP contribution in [0.5, 0.6) is 11.5 Å². The Labute approximate surface area is 164 Å². The average Bonchev–Trinajstić information content (AvgIpc) is 3.35. The molecule has 0 aliphatic heterocycles. The molecular weight excluding hydrogens is 378 g/mol. The van der Waals surface area contributed by atoms with Gasteiger partial charge in [0.05, 0.1) is 30.5 Å². The lowest BCUT2D eigenvalue weighted by molar-refractivity contribution is 0.355. The van der Waals surface area contributed by atoms with Gasteiger partial charge in [-0.2, -0.15) is 5.26 Å². The Bertz CT molecular complexity index is 1170. The molecule has 0 aliphatic rings. The van der Waals surface area contributed by atoms with E-state index in [2.05, 4.69) is 6.07 Å². The van der Waals surface area contributed by atoms with Gasteiger partial charge >= 0.3 is 0 Å². The minimum atomic E-state index is 0.465. The fourth-order valence-electron chi connectivity index (χ4n) is 2.99. The quantitative estimate of drug-likeness (QED) is 0.518. The van der Waals surface area contributed by atoms with Gasteiger partial charge in [-0.25, -0.2) is 4.98 Å². The third-order valence-corrected chi connectivity index (χ3v) is 6.17. The summed E-state index contributed by atoms with van der Waals surface area (Å²) < 4.78 is 10.8. The molecule has 134 valence electrons. The second-order valence-corrected chi connectivity index (χ2v) is 7.69. The van der Waals surface area contributed by atoms with Crippen molar-refractivity contribution >= 4 is 38.6 Å². The molecule has 5 nitrogen and oxygen atoms in total. The van der Waals surface area contributed by atoms with Gasteiger partial charge in [0.15, 0.2) is 11.5 Å². The third-order valence-electron chi connectivity index (χ3n) is 4.27. The number of fused-ring (bicyclic) bond motifs is 1. The lowest BCUT2D eigenvalue weighted by Crippen LogP contribution is -1.93. The highest BCUT2D eigenvalue weighted by Crippen LogP contribution is 2.43. The van der Waals surface area contributed by atoms with Gasteiger partial charge in [0, 0.05) is 5.39 Å². The van der Waals surface area contributed by atoms with E-state index in [9.17, 15) is 5.26 Å². The van der Waals surface area contributed by atoms with Crippen molar-refractivity contribution in [1.29, 1.82) is 5.26 Å². The van der Waals surface area contributed by atoms with Gasteiger partial charge in [0.1, 0.15) is 15.8 Å². The SMILES string of the molecule is COc1ccc(-c2cc(-c3cccs3)nc3sc(C#N)c(N)c23)cc1OC. The summed E-state index contributed by atoms with van der Waals surface area (Å²) in [5.41, 5.74) is 9.44. The predicted octanol–water partition coefficient (Wildman–Crippen LogP) is 5.16. The van der Waals surface area contributed by atoms with Crippen molar-refractivity contribution < 1.29 is 9.47 Å². The van der Waals surface area contributed by atoms with Crippen molar-refractivity contribution in [2.45, 2.75) is 0 Å². The van der Waals surface area contributed by atoms with Crippen LogP contribution in [0.4, 0.5) is 5.69 Å². The fourth-order valence-corrected chi connectivity index (χ4v) is 4.59. The lowest BCUT2D eigenvalue weighted by atomic mass is 10.0. The van der Waals surface area contributed by atoms with Crippen LogP contribution in [0.2, 0.25) is 0 Å². The molecule has 0 saturated carbocycles. The zero-order valence-electron chi connectivity index (χ0n) is 14.6. The van der Waals surface area contributed by atoms with Crippen LogP contribution in [0, 0.1) is 11.3 Å². The molecule has 0 spiro atoms. The van der Waals surface area contributed by atoms with E-state index in [0.29, 0.717) is 22.1 Å². The number of thiophene rings is 2. The third kappa shape index (κ3) is 2.89. The van der Waals surface area contributed by atoms with Gasteiger partial charge in [-0.1, -0.05) is 12.1 Å². The summed E-state index contributed by atoms with van der Waals surface area (Å²) in [6.45, 7) is 0. The molecule has 0 amide bonds. The fraction of sp³-hybridized carbons (Fsp3) is 0.100. The van der Waals surface area contributed by atoms with E-state index in [4.69, 9.17) is 20.2 Å². The molecule has 0 unspecified atom stereocenters. The van der Waals surface area contributed by atoms with Crippen LogP contribution in [-0.2, 0) is 0 Å². The number of anilines is 1. The number of ether oxygens (including phenoxy) is 2. The minimum Gasteiger partial charge on any atom is -0.493 e. The highest BCUT2D eigenvalue weighted by molar-refractivity contribution is 7.20. The molecule has 1 aromatic carbocycles. The Morgan fingerprint density at radius 3 is 2.59 bits per heavy atom. The van der Waals surface area contributed by atoms with Crippen molar-refractivity contribution in [3.8, 4) is 39.3 Å². The van der Waals surface area contributed by atoms with Crippen LogP contribution in [0.1, 0.15) is 4.88 Å². The van der Waals surface area contributed by atoms with E-state index in [1.54, 1.807) is 25.6 Å². The van der Waals surface area contributed by atoms with Crippen molar-refractivity contribution in [3.63, 3.8) is 0 Å². The number of nitriles is 1. The number of hydrogen-bond acceptors (Lipinski definition) is 7. The Morgan fingerprint density at radius 2 is 1.93 bits per heavy atom. The molecule has 0 bridgehead atoms. The normalized spacial score (nSPS) is 10.7. The molecular formula is C20H15N3O2S2. The monoisotopic (exact) mass is 393 g/mol. The number of nitrogens with two attached hydrogens (primary N) is 1. The van der Waals surface area contributed by atoms with Gasteiger partial charge in [-0.15, -0.1) is 22.7 Å². The molecule has 0 radical (unpaired) electrons. The van der Waals surface area contributed by atoms with E-state index in [-0.39, 0.29) is 0 Å². The van der Waals surface area contributed by atoms with Crippen LogP contribution >= 0.6 is 22.7 Å². The summed E-state index contributed by atoms with van der Waals surface area (Å²) >= 11 is 2.93. The largest absolute Gasteiger partial charge is 0.493 e. The van der Waals surface area contributed by atoms with Crippen molar-refractivity contribution in [2.75, 3.05) is 20.0 Å². The highest BCUT2D eigenvalue weighted by Gasteiger charge is 2.19. The van der Waals surface area contributed by atoms with Crippen LogP contribution < -0.4 is 15.2 Å². The first-order valence-corrected chi connectivity index (χ1v) is 9.75. The zero-order valence-corrected chi connectivity index (χ0v) is 16.3. The molecule has 4 rings (SSSR count). The van der Waals surface area contributed by atoms with E-state index >= 15 is 0 Å². The number of pyridine rings is 1. The zero-order chi connectivity index (χ0) is 19.0. The summed E-state index contributed by atoms with van der Waals surface area (Å²) in [7, 11) is 3.21. The van der Waals surface area contributed by atoms with Crippen LogP contribution in [0.15, 0.2) is 41.8 Å². The Morgan fingerprint density at radius 1 is 1.11 bits per heavy atom. The first-order valence-electron chi connectivity index (χ1n) is 8.05. The van der Waals surface area contributed by atoms with Crippen LogP contribution in [-0.4, -0.2) is 19.2 Å². The summed E-state index contributed by atoms with van der Waals surface area (Å²) in [6.07, 6.45) is 0. The van der Waals surface area contributed by atoms with Gasteiger partial charge in [0.2, 0.25) is 0 Å². The molecule has 0 atom stereocenters. The summed E-state index contributed by atoms with van der Waals surface area (Å²) in [4.78, 5) is 7.04.